The average Bonchev–Trinajstić information content (AvgIpc) is 2.27. The van der Waals surface area contributed by atoms with Crippen molar-refractivity contribution in [3.8, 4) is 0 Å². The number of hydrogen-bond donors (Lipinski definition) is 0. The minimum Gasteiger partial charge on any atom is -0.465 e. The van der Waals surface area contributed by atoms with Crippen LogP contribution in [-0.4, -0.2) is 55.9 Å². The number of nitrogens with zero attached hydrogens (tertiary/aromatic N) is 1. The van der Waals surface area contributed by atoms with E-state index in [9.17, 15) is 22.8 Å². The van der Waals surface area contributed by atoms with Gasteiger partial charge in [-0.1, -0.05) is 6.08 Å². The van der Waals surface area contributed by atoms with Crippen molar-refractivity contribution in [2.45, 2.75) is 13.1 Å². The molecule has 0 fully saturated rings. The molecule has 0 aliphatic carbocycles. The molecule has 0 rings (SSSR count). The highest BCUT2D eigenvalue weighted by Gasteiger charge is 2.28. The molecule has 0 aliphatic heterocycles. The summed E-state index contributed by atoms with van der Waals surface area (Å²) < 4.78 is 44.3. The molecule has 19 heavy (non-hydrogen) atoms. The summed E-state index contributed by atoms with van der Waals surface area (Å²) in [6.07, 6.45) is -3.15. The summed E-state index contributed by atoms with van der Waals surface area (Å²) >= 11 is 0. The predicted molar refractivity (Wildman–Crippen MR) is 60.3 cm³/mol. The van der Waals surface area contributed by atoms with Crippen LogP contribution in [0.1, 0.15) is 6.92 Å². The first-order chi connectivity index (χ1) is 8.80. The lowest BCUT2D eigenvalue weighted by molar-refractivity contribution is -0.178. The lowest BCUT2D eigenvalue weighted by atomic mass is 10.4. The molecule has 1 amide bonds. The summed E-state index contributed by atoms with van der Waals surface area (Å²) in [7, 11) is 0. The molecule has 0 aromatic rings. The minimum atomic E-state index is -4.50. The lowest BCUT2D eigenvalue weighted by Crippen LogP contribution is -2.39. The van der Waals surface area contributed by atoms with Crippen LogP contribution in [0.2, 0.25) is 0 Å². The Balaban J connectivity index is 4.25. The molecule has 0 N–H and O–H groups in total. The van der Waals surface area contributed by atoms with E-state index in [1.54, 1.807) is 6.92 Å². The summed E-state index contributed by atoms with van der Waals surface area (Å²) in [6.45, 7) is 2.54. The maximum atomic E-state index is 11.8. The molecule has 0 atom stereocenters. The summed E-state index contributed by atoms with van der Waals surface area (Å²) in [6, 6.07) is 0. The third kappa shape index (κ3) is 9.06. The van der Waals surface area contributed by atoms with Crippen LogP contribution in [-0.2, 0) is 19.1 Å². The molecule has 0 saturated carbocycles. The molecule has 0 spiro atoms. The van der Waals surface area contributed by atoms with Gasteiger partial charge in [0.15, 0.2) is 0 Å². The third-order valence-corrected chi connectivity index (χ3v) is 1.82. The number of halogens is 3. The molecule has 8 heteroatoms. The van der Waals surface area contributed by atoms with Crippen LogP contribution in [0.15, 0.2) is 12.7 Å². The van der Waals surface area contributed by atoms with Crippen LogP contribution in [0, 0.1) is 0 Å². The number of carbonyl (C=O) groups excluding carboxylic acids is 2. The van der Waals surface area contributed by atoms with E-state index in [2.05, 4.69) is 16.1 Å². The number of alkyl halides is 3. The molecule has 0 aliphatic rings. The van der Waals surface area contributed by atoms with E-state index in [0.29, 0.717) is 0 Å². The summed E-state index contributed by atoms with van der Waals surface area (Å²) in [4.78, 5) is 23.7. The van der Waals surface area contributed by atoms with Gasteiger partial charge in [-0.2, -0.15) is 13.2 Å². The Kier molecular flexibility index (Phi) is 7.81. The molecule has 5 nitrogen and oxygen atoms in total. The van der Waals surface area contributed by atoms with E-state index in [1.807, 2.05) is 0 Å². The van der Waals surface area contributed by atoms with Gasteiger partial charge >= 0.3 is 12.1 Å². The fourth-order valence-electron chi connectivity index (χ4n) is 1.12. The first kappa shape index (κ1) is 17.4. The second kappa shape index (κ2) is 8.52. The minimum absolute atomic E-state index is 0.0209. The van der Waals surface area contributed by atoms with Crippen molar-refractivity contribution in [3.63, 3.8) is 0 Å². The van der Waals surface area contributed by atoms with Crippen molar-refractivity contribution in [1.82, 2.24) is 4.90 Å². The van der Waals surface area contributed by atoms with Gasteiger partial charge in [0.25, 0.3) is 0 Å². The van der Waals surface area contributed by atoms with Crippen molar-refractivity contribution >= 4 is 11.9 Å². The third-order valence-electron chi connectivity index (χ3n) is 1.82. The molecule has 110 valence electrons. The number of esters is 1. The smallest absolute Gasteiger partial charge is 0.411 e. The van der Waals surface area contributed by atoms with Crippen LogP contribution in [0.4, 0.5) is 13.2 Å². The van der Waals surface area contributed by atoms with Crippen molar-refractivity contribution in [1.29, 1.82) is 0 Å². The van der Waals surface area contributed by atoms with E-state index in [4.69, 9.17) is 0 Å². The van der Waals surface area contributed by atoms with E-state index in [-0.39, 0.29) is 19.7 Å². The average molecular weight is 283 g/mol. The molecule has 0 saturated heterocycles. The molecular weight excluding hydrogens is 267 g/mol. The van der Waals surface area contributed by atoms with Gasteiger partial charge in [0, 0.05) is 6.54 Å². The van der Waals surface area contributed by atoms with Crippen molar-refractivity contribution in [3.05, 3.63) is 12.7 Å². The number of carbonyl (C=O) groups is 2. The first-order valence-electron chi connectivity index (χ1n) is 5.49. The normalized spacial score (nSPS) is 10.9. The van der Waals surface area contributed by atoms with Crippen molar-refractivity contribution in [2.75, 3.05) is 32.9 Å². The molecule has 0 heterocycles. The van der Waals surface area contributed by atoms with E-state index in [1.165, 1.54) is 6.08 Å². The number of amides is 1. The van der Waals surface area contributed by atoms with E-state index in [0.717, 1.165) is 4.90 Å². The van der Waals surface area contributed by atoms with Gasteiger partial charge in [-0.05, 0) is 6.92 Å². The monoisotopic (exact) mass is 283 g/mol. The first-order valence-corrected chi connectivity index (χ1v) is 5.49. The van der Waals surface area contributed by atoms with Gasteiger partial charge in [0.2, 0.25) is 5.91 Å². The van der Waals surface area contributed by atoms with Gasteiger partial charge in [-0.15, -0.1) is 6.58 Å². The zero-order valence-electron chi connectivity index (χ0n) is 10.5. The van der Waals surface area contributed by atoms with Crippen molar-refractivity contribution < 1.29 is 32.2 Å². The fraction of sp³-hybridized carbons (Fsp3) is 0.636. The van der Waals surface area contributed by atoms with Crippen LogP contribution in [0.25, 0.3) is 0 Å². The maximum absolute atomic E-state index is 11.8. The zero-order valence-corrected chi connectivity index (χ0v) is 10.5. The van der Waals surface area contributed by atoms with E-state index >= 15 is 0 Å². The highest BCUT2D eigenvalue weighted by atomic mass is 19.4. The molecule has 0 bridgehead atoms. The number of hydrogen-bond acceptors (Lipinski definition) is 4. The Labute approximate surface area is 109 Å². The van der Waals surface area contributed by atoms with Gasteiger partial charge < -0.3 is 14.4 Å². The standard InChI is InChI=1S/C11H16F3NO4/c1-3-5-15(6-10(17)19-4-2)9(16)7-18-8-11(12,13)14/h3H,1,4-8H2,2H3. The Hall–Kier alpha value is -1.57. The summed E-state index contributed by atoms with van der Waals surface area (Å²) in [5.74, 6) is -1.38. The quantitative estimate of drug-likeness (QED) is 0.495. The molecule has 0 aromatic heterocycles. The highest BCUT2D eigenvalue weighted by Crippen LogP contribution is 2.14. The second-order valence-corrected chi connectivity index (χ2v) is 3.48. The molecule has 0 aromatic carbocycles. The summed E-state index contributed by atoms with van der Waals surface area (Å²) in [5, 5.41) is 0. The number of ether oxygens (including phenoxy) is 2. The second-order valence-electron chi connectivity index (χ2n) is 3.48. The van der Waals surface area contributed by atoms with Gasteiger partial charge in [0.05, 0.1) is 6.61 Å². The van der Waals surface area contributed by atoms with Gasteiger partial charge in [-0.25, -0.2) is 0 Å². The van der Waals surface area contributed by atoms with Crippen molar-refractivity contribution in [2.24, 2.45) is 0 Å². The molecular formula is C11H16F3NO4. The topological polar surface area (TPSA) is 55.8 Å². The lowest BCUT2D eigenvalue weighted by Gasteiger charge is -2.20. The molecule has 0 radical (unpaired) electrons. The zero-order chi connectivity index (χ0) is 14.9. The van der Waals surface area contributed by atoms with Crippen LogP contribution in [0.5, 0.6) is 0 Å². The van der Waals surface area contributed by atoms with Crippen LogP contribution < -0.4 is 0 Å². The Morgan fingerprint density at radius 2 is 2.00 bits per heavy atom. The summed E-state index contributed by atoms with van der Waals surface area (Å²) in [5.41, 5.74) is 0. The predicted octanol–water partition coefficient (Wildman–Crippen LogP) is 1.14. The highest BCUT2D eigenvalue weighted by molar-refractivity contribution is 5.83. The molecule has 0 unspecified atom stereocenters. The van der Waals surface area contributed by atoms with Crippen LogP contribution >= 0.6 is 0 Å². The van der Waals surface area contributed by atoms with Gasteiger partial charge in [0.1, 0.15) is 19.8 Å². The Morgan fingerprint density at radius 3 is 2.47 bits per heavy atom. The van der Waals surface area contributed by atoms with Gasteiger partial charge in [-0.3, -0.25) is 9.59 Å². The SMILES string of the molecule is C=CCN(CC(=O)OCC)C(=O)COCC(F)(F)F. The Morgan fingerprint density at radius 1 is 1.37 bits per heavy atom. The van der Waals surface area contributed by atoms with E-state index < -0.39 is 31.3 Å². The fourth-order valence-corrected chi connectivity index (χ4v) is 1.12. The number of rotatable bonds is 8. The largest absolute Gasteiger partial charge is 0.465 e. The Bertz CT molecular complexity index is 318. The maximum Gasteiger partial charge on any atom is 0.411 e. The van der Waals surface area contributed by atoms with Crippen LogP contribution in [0.3, 0.4) is 0 Å².